The van der Waals surface area contributed by atoms with Crippen molar-refractivity contribution in [3.63, 3.8) is 0 Å². The number of methoxy groups -OCH3 is 1. The molecule has 3 fully saturated rings. The number of nitrogens with zero attached hydrogens (tertiary/aromatic N) is 1. The summed E-state index contributed by atoms with van der Waals surface area (Å²) in [6.07, 6.45) is 0.627. The van der Waals surface area contributed by atoms with Crippen molar-refractivity contribution in [1.82, 2.24) is 15.5 Å². The number of ether oxygens (including phenoxy) is 3. The highest BCUT2D eigenvalue weighted by atomic mass is 79.9. The van der Waals surface area contributed by atoms with E-state index in [-0.39, 0.29) is 36.1 Å². The highest BCUT2D eigenvalue weighted by Crippen LogP contribution is 2.45. The largest absolute Gasteiger partial charge is 0.467 e. The zero-order chi connectivity index (χ0) is 33.2. The van der Waals surface area contributed by atoms with Gasteiger partial charge in [0.05, 0.1) is 18.1 Å². The molecule has 3 amide bonds. The number of nitrogens with one attached hydrogen (secondary N) is 2. The zero-order valence-electron chi connectivity index (χ0n) is 25.7. The molecule has 2 saturated heterocycles. The average Bonchev–Trinajstić information content (AvgIpc) is 3.54. The summed E-state index contributed by atoms with van der Waals surface area (Å²) in [6, 6.07) is 3.52. The van der Waals surface area contributed by atoms with Crippen LogP contribution < -0.4 is 10.6 Å². The average molecular weight is 715 g/mol. The van der Waals surface area contributed by atoms with Gasteiger partial charge in [-0.05, 0) is 70.2 Å². The molecule has 3 aliphatic rings. The van der Waals surface area contributed by atoms with E-state index >= 15 is 0 Å². The van der Waals surface area contributed by atoms with E-state index in [1.165, 1.54) is 30.2 Å². The summed E-state index contributed by atoms with van der Waals surface area (Å²) in [5.74, 6) is -2.68. The molecule has 15 heteroatoms. The van der Waals surface area contributed by atoms with Gasteiger partial charge in [0, 0.05) is 36.6 Å². The molecule has 2 heterocycles. The summed E-state index contributed by atoms with van der Waals surface area (Å²) in [6.45, 7) is 9.28. The topological polar surface area (TPSA) is 167 Å². The Morgan fingerprint density at radius 1 is 1.16 bits per heavy atom. The minimum Gasteiger partial charge on any atom is -0.467 e. The van der Waals surface area contributed by atoms with Crippen molar-refractivity contribution in [3.05, 3.63) is 41.4 Å². The normalized spacial score (nSPS) is 26.0. The van der Waals surface area contributed by atoms with Gasteiger partial charge in [-0.2, -0.15) is 8.42 Å². The van der Waals surface area contributed by atoms with E-state index in [1.54, 1.807) is 32.9 Å². The minimum atomic E-state index is -4.28. The Hall–Kier alpha value is -3.01. The molecule has 0 aromatic heterocycles. The molecule has 0 spiro atoms. The van der Waals surface area contributed by atoms with E-state index in [4.69, 9.17) is 18.4 Å². The van der Waals surface area contributed by atoms with Crippen LogP contribution in [-0.2, 0) is 42.9 Å². The van der Waals surface area contributed by atoms with Crippen molar-refractivity contribution in [2.24, 2.45) is 11.8 Å². The van der Waals surface area contributed by atoms with Crippen molar-refractivity contribution in [3.8, 4) is 0 Å². The Morgan fingerprint density at radius 2 is 1.80 bits per heavy atom. The van der Waals surface area contributed by atoms with Gasteiger partial charge >= 0.3 is 12.1 Å². The fraction of sp³-hybridized carbons (Fsp3) is 0.600. The molecule has 5 atom stereocenters. The fourth-order valence-corrected chi connectivity index (χ4v) is 7.07. The predicted octanol–water partition coefficient (Wildman–Crippen LogP) is 2.68. The van der Waals surface area contributed by atoms with Crippen LogP contribution in [0.5, 0.6) is 0 Å². The predicted molar refractivity (Wildman–Crippen MR) is 164 cm³/mol. The molecule has 0 unspecified atom stereocenters. The standard InChI is InChI=1S/C30H40BrN3O10S/c1-6-19-16-30(19,27(37)41-5)33-25(35)23-15-21(44-45(39,40)22-9-7-20(31)8-10-22)17-34(23)26(36)24(18-11-13-42-14-12-18)32-28(38)43-29(2,3)4/h6-10,18-19,21,23-24H,1,11-17H2,2-5H3,(H,32,38)(H,33,35)/t19-,21+,23+,24+,30-/m1/s1. The number of alkyl carbamates (subject to hydrolysis) is 1. The van der Waals surface area contributed by atoms with Crippen LogP contribution in [0.15, 0.2) is 46.3 Å². The van der Waals surface area contributed by atoms with Crippen molar-refractivity contribution in [2.45, 2.75) is 80.7 Å². The summed E-state index contributed by atoms with van der Waals surface area (Å²) in [5.41, 5.74) is -2.18. The monoisotopic (exact) mass is 713 g/mol. The maximum Gasteiger partial charge on any atom is 0.408 e. The lowest BCUT2D eigenvalue weighted by Gasteiger charge is -2.35. The molecule has 1 aromatic rings. The summed E-state index contributed by atoms with van der Waals surface area (Å²) >= 11 is 3.27. The third-order valence-corrected chi connectivity index (χ3v) is 9.99. The van der Waals surface area contributed by atoms with E-state index in [0.717, 1.165) is 0 Å². The maximum absolute atomic E-state index is 14.3. The van der Waals surface area contributed by atoms with Gasteiger partial charge in [-0.25, -0.2) is 9.59 Å². The molecule has 1 aliphatic carbocycles. The number of hydrogen-bond acceptors (Lipinski definition) is 10. The van der Waals surface area contributed by atoms with Gasteiger partial charge in [-0.15, -0.1) is 6.58 Å². The van der Waals surface area contributed by atoms with Gasteiger partial charge in [0.1, 0.15) is 23.2 Å². The lowest BCUT2D eigenvalue weighted by molar-refractivity contribution is -0.148. The van der Waals surface area contributed by atoms with Crippen LogP contribution >= 0.6 is 15.9 Å². The van der Waals surface area contributed by atoms with Crippen molar-refractivity contribution < 1.29 is 46.0 Å². The Balaban J connectivity index is 1.64. The van der Waals surface area contributed by atoms with E-state index in [9.17, 15) is 27.6 Å². The summed E-state index contributed by atoms with van der Waals surface area (Å²) in [5, 5.41) is 5.42. The quantitative estimate of drug-likeness (QED) is 0.209. The molecule has 2 N–H and O–H groups in total. The minimum absolute atomic E-state index is 0.0976. The molecule has 1 aromatic carbocycles. The molecule has 0 bridgehead atoms. The number of benzene rings is 1. The Kier molecular flexibility index (Phi) is 10.7. The van der Waals surface area contributed by atoms with E-state index in [2.05, 4.69) is 33.1 Å². The molecular weight excluding hydrogens is 674 g/mol. The third-order valence-electron chi connectivity index (χ3n) is 8.08. The first kappa shape index (κ1) is 34.9. The second kappa shape index (κ2) is 13.8. The summed E-state index contributed by atoms with van der Waals surface area (Å²) in [4.78, 5) is 54.8. The van der Waals surface area contributed by atoms with Crippen molar-refractivity contribution >= 4 is 49.9 Å². The van der Waals surface area contributed by atoms with E-state index < -0.39 is 63.3 Å². The van der Waals surface area contributed by atoms with Crippen LogP contribution in [0.25, 0.3) is 0 Å². The van der Waals surface area contributed by atoms with Crippen LogP contribution in [0.3, 0.4) is 0 Å². The fourth-order valence-electron chi connectivity index (χ4n) is 5.73. The highest BCUT2D eigenvalue weighted by Gasteiger charge is 2.62. The van der Waals surface area contributed by atoms with Crippen molar-refractivity contribution in [1.29, 1.82) is 0 Å². The Morgan fingerprint density at radius 3 is 2.36 bits per heavy atom. The number of rotatable bonds is 10. The zero-order valence-corrected chi connectivity index (χ0v) is 28.1. The molecular formula is C30H40BrN3O10S. The van der Waals surface area contributed by atoms with Gasteiger partial charge in [-0.1, -0.05) is 22.0 Å². The van der Waals surface area contributed by atoms with Gasteiger partial charge in [0.2, 0.25) is 11.8 Å². The summed E-state index contributed by atoms with van der Waals surface area (Å²) < 4.78 is 48.4. The number of amides is 3. The maximum atomic E-state index is 14.3. The van der Waals surface area contributed by atoms with Gasteiger partial charge < -0.3 is 29.7 Å². The second-order valence-corrected chi connectivity index (χ2v) is 14.9. The molecule has 45 heavy (non-hydrogen) atoms. The van der Waals surface area contributed by atoms with Crippen LogP contribution in [-0.4, -0.2) is 93.4 Å². The number of carbonyl (C=O) groups is 4. The second-order valence-electron chi connectivity index (χ2n) is 12.4. The number of hydrogen-bond donors (Lipinski definition) is 2. The smallest absolute Gasteiger partial charge is 0.408 e. The number of carbonyl (C=O) groups excluding carboxylic acids is 4. The first-order valence-corrected chi connectivity index (χ1v) is 16.9. The first-order valence-electron chi connectivity index (χ1n) is 14.7. The molecule has 2 aliphatic heterocycles. The molecule has 248 valence electrons. The number of likely N-dealkylation sites (tertiary alicyclic amines) is 1. The molecule has 0 radical (unpaired) electrons. The lowest BCUT2D eigenvalue weighted by Crippen LogP contribution is -2.58. The van der Waals surface area contributed by atoms with Crippen molar-refractivity contribution in [2.75, 3.05) is 26.9 Å². The molecule has 1 saturated carbocycles. The lowest BCUT2D eigenvalue weighted by atomic mass is 9.90. The SMILES string of the molecule is C=C[C@@H]1C[C@]1(NC(=O)[C@@H]1C[C@H](OS(=O)(=O)c2ccc(Br)cc2)CN1C(=O)[C@@H](NC(=O)OC(C)(C)C)C1CCOCC1)C(=O)OC. The number of halogens is 1. The third kappa shape index (κ3) is 8.23. The molecule has 13 nitrogen and oxygen atoms in total. The van der Waals surface area contributed by atoms with Crippen LogP contribution in [0.1, 0.15) is 46.5 Å². The Bertz CT molecular complexity index is 1410. The van der Waals surface area contributed by atoms with Crippen LogP contribution in [0.4, 0.5) is 4.79 Å². The first-order chi connectivity index (χ1) is 21.1. The van der Waals surface area contributed by atoms with Crippen LogP contribution in [0, 0.1) is 11.8 Å². The van der Waals surface area contributed by atoms with Gasteiger partial charge in [0.25, 0.3) is 10.1 Å². The Labute approximate surface area is 271 Å². The molecule has 4 rings (SSSR count). The van der Waals surface area contributed by atoms with Gasteiger partial charge in [0.15, 0.2) is 0 Å². The van der Waals surface area contributed by atoms with E-state index in [0.29, 0.717) is 30.5 Å². The van der Waals surface area contributed by atoms with Gasteiger partial charge in [-0.3, -0.25) is 13.8 Å². The van der Waals surface area contributed by atoms with Crippen LogP contribution in [0.2, 0.25) is 0 Å². The van der Waals surface area contributed by atoms with E-state index in [1.807, 2.05) is 0 Å². The highest BCUT2D eigenvalue weighted by molar-refractivity contribution is 9.10. The summed E-state index contributed by atoms with van der Waals surface area (Å²) in [7, 11) is -3.07. The number of esters is 1.